The van der Waals surface area contributed by atoms with Crippen LogP contribution in [0.4, 0.5) is 10.1 Å². The van der Waals surface area contributed by atoms with Gasteiger partial charge in [0, 0.05) is 5.56 Å². The Morgan fingerprint density at radius 2 is 2.04 bits per heavy atom. The second-order valence-electron chi connectivity index (χ2n) is 6.54. The molecule has 2 aromatic carbocycles. The van der Waals surface area contributed by atoms with Crippen molar-refractivity contribution in [3.05, 3.63) is 77.4 Å². The number of carbonyl (C=O) groups excluding carboxylic acids is 1. The first kappa shape index (κ1) is 15.2. The first-order valence-electron chi connectivity index (χ1n) is 8.35. The number of carbonyl (C=O) groups is 1. The van der Waals surface area contributed by atoms with E-state index < -0.39 is 11.4 Å². The minimum atomic E-state index is -1.27. The molecule has 0 aliphatic carbocycles. The van der Waals surface area contributed by atoms with Crippen molar-refractivity contribution in [2.75, 3.05) is 4.90 Å². The Bertz CT molecular complexity index is 1000. The molecule has 0 N–H and O–H groups in total. The molecule has 0 bridgehead atoms. The third kappa shape index (κ3) is 2.10. The summed E-state index contributed by atoms with van der Waals surface area (Å²) in [4.78, 5) is 15.1. The molecule has 26 heavy (non-hydrogen) atoms. The third-order valence-electron chi connectivity index (χ3n) is 5.00. The normalized spacial score (nSPS) is 21.1. The van der Waals surface area contributed by atoms with Crippen LogP contribution in [0.15, 0.2) is 54.7 Å². The van der Waals surface area contributed by atoms with E-state index in [9.17, 15) is 9.18 Å². The largest absolute Gasteiger partial charge is 0.352 e. The van der Waals surface area contributed by atoms with Crippen molar-refractivity contribution in [1.29, 1.82) is 0 Å². The van der Waals surface area contributed by atoms with Crippen LogP contribution in [0.1, 0.15) is 16.8 Å². The molecule has 7 heteroatoms. The summed E-state index contributed by atoms with van der Waals surface area (Å²) in [5.41, 5.74) is 1.73. The van der Waals surface area contributed by atoms with Crippen LogP contribution in [0, 0.1) is 5.82 Å². The van der Waals surface area contributed by atoms with Gasteiger partial charge in [0.15, 0.2) is 5.60 Å². The van der Waals surface area contributed by atoms with Gasteiger partial charge in [0.05, 0.1) is 37.3 Å². The summed E-state index contributed by atoms with van der Waals surface area (Å²) in [7, 11) is 0. The number of fused-ring (bicyclic) bond motifs is 3. The highest BCUT2D eigenvalue weighted by Crippen LogP contribution is 2.46. The lowest BCUT2D eigenvalue weighted by molar-refractivity contribution is -0.153. The molecular weight excluding hydrogens is 335 g/mol. The van der Waals surface area contributed by atoms with Crippen LogP contribution in [-0.4, -0.2) is 20.9 Å². The summed E-state index contributed by atoms with van der Waals surface area (Å²) in [5, 5.41) is 7.91. The summed E-state index contributed by atoms with van der Waals surface area (Å²) in [6.07, 6.45) is 1.61. The Hall–Kier alpha value is -3.06. The molecule has 0 saturated carbocycles. The topological polar surface area (TPSA) is 60.2 Å². The van der Waals surface area contributed by atoms with Crippen LogP contribution in [0.5, 0.6) is 0 Å². The highest BCUT2D eigenvalue weighted by Gasteiger charge is 2.54. The van der Waals surface area contributed by atoms with Crippen molar-refractivity contribution in [2.24, 2.45) is 0 Å². The van der Waals surface area contributed by atoms with Crippen molar-refractivity contribution in [3.8, 4) is 0 Å². The summed E-state index contributed by atoms with van der Waals surface area (Å²) >= 11 is 0. The van der Waals surface area contributed by atoms with Gasteiger partial charge in [0.1, 0.15) is 5.82 Å². The number of aromatic nitrogens is 3. The van der Waals surface area contributed by atoms with Crippen LogP contribution in [0.3, 0.4) is 0 Å². The molecule has 3 aromatic rings. The zero-order valence-electron chi connectivity index (χ0n) is 13.8. The number of nitrogens with zero attached hydrogens (tertiary/aromatic N) is 4. The molecule has 0 saturated heterocycles. The molecule has 0 radical (unpaired) electrons. The number of anilines is 1. The van der Waals surface area contributed by atoms with E-state index in [1.54, 1.807) is 21.8 Å². The van der Waals surface area contributed by atoms with Crippen LogP contribution < -0.4 is 4.90 Å². The van der Waals surface area contributed by atoms with Crippen molar-refractivity contribution in [1.82, 2.24) is 15.0 Å². The van der Waals surface area contributed by atoms with Gasteiger partial charge in [-0.1, -0.05) is 35.5 Å². The molecule has 1 amide bonds. The lowest BCUT2D eigenvalue weighted by atomic mass is 9.93. The van der Waals surface area contributed by atoms with E-state index in [1.807, 2.05) is 30.3 Å². The predicted molar refractivity (Wildman–Crippen MR) is 90.5 cm³/mol. The molecule has 5 rings (SSSR count). The minimum absolute atomic E-state index is 0.183. The number of rotatable bonds is 2. The Balaban J connectivity index is 1.62. The first-order valence-corrected chi connectivity index (χ1v) is 8.35. The SMILES string of the molecule is O=C1N(Cc2ccccc2)c2ccc(F)cc2C12Cn1nncc1CO2. The predicted octanol–water partition coefficient (Wildman–Crippen LogP) is 2.39. The average molecular weight is 350 g/mol. The number of ether oxygens (including phenoxy) is 1. The number of hydrogen-bond donors (Lipinski definition) is 0. The van der Waals surface area contributed by atoms with Crippen LogP contribution in [0.2, 0.25) is 0 Å². The number of amides is 1. The highest BCUT2D eigenvalue weighted by atomic mass is 19.1. The Morgan fingerprint density at radius 3 is 2.88 bits per heavy atom. The number of benzene rings is 2. The highest BCUT2D eigenvalue weighted by molar-refractivity contribution is 6.07. The molecule has 130 valence electrons. The maximum atomic E-state index is 14.0. The fraction of sp³-hybridized carbons (Fsp3) is 0.211. The third-order valence-corrected chi connectivity index (χ3v) is 5.00. The zero-order valence-corrected chi connectivity index (χ0v) is 13.8. The number of halogens is 1. The van der Waals surface area contributed by atoms with Crippen LogP contribution in [-0.2, 0) is 34.8 Å². The Morgan fingerprint density at radius 1 is 1.19 bits per heavy atom. The van der Waals surface area contributed by atoms with E-state index in [4.69, 9.17) is 4.74 Å². The van der Waals surface area contributed by atoms with Gasteiger partial charge in [-0.2, -0.15) is 0 Å². The minimum Gasteiger partial charge on any atom is -0.352 e. The van der Waals surface area contributed by atoms with Gasteiger partial charge >= 0.3 is 0 Å². The molecule has 2 aliphatic heterocycles. The molecule has 1 aromatic heterocycles. The molecule has 0 fully saturated rings. The van der Waals surface area contributed by atoms with E-state index in [1.165, 1.54) is 12.1 Å². The summed E-state index contributed by atoms with van der Waals surface area (Å²) in [6, 6.07) is 14.1. The van der Waals surface area contributed by atoms with Gasteiger partial charge in [-0.15, -0.1) is 5.10 Å². The molecular formula is C19H15FN4O2. The molecule has 1 unspecified atom stereocenters. The maximum Gasteiger partial charge on any atom is 0.266 e. The fourth-order valence-corrected chi connectivity index (χ4v) is 3.70. The van der Waals surface area contributed by atoms with E-state index in [-0.39, 0.29) is 19.1 Å². The molecule has 2 aliphatic rings. The fourth-order valence-electron chi connectivity index (χ4n) is 3.70. The van der Waals surface area contributed by atoms with Crippen LogP contribution >= 0.6 is 0 Å². The van der Waals surface area contributed by atoms with E-state index in [0.717, 1.165) is 11.3 Å². The van der Waals surface area contributed by atoms with Gasteiger partial charge in [0.25, 0.3) is 5.91 Å². The van der Waals surface area contributed by atoms with E-state index in [0.29, 0.717) is 17.8 Å². The van der Waals surface area contributed by atoms with E-state index >= 15 is 0 Å². The van der Waals surface area contributed by atoms with Crippen molar-refractivity contribution in [3.63, 3.8) is 0 Å². The summed E-state index contributed by atoms with van der Waals surface area (Å²) < 4.78 is 21.7. The zero-order chi connectivity index (χ0) is 17.7. The Kier molecular flexibility index (Phi) is 3.20. The standard InChI is InChI=1S/C19H15FN4O2/c20-14-6-7-17-16(8-14)19(12-24-15(11-26-19)9-21-22-24)18(25)23(17)10-13-4-2-1-3-5-13/h1-9H,10-12H2. The molecule has 1 spiro atoms. The lowest BCUT2D eigenvalue weighted by Gasteiger charge is -2.32. The van der Waals surface area contributed by atoms with Crippen molar-refractivity contribution < 1.29 is 13.9 Å². The van der Waals surface area contributed by atoms with Crippen molar-refractivity contribution >= 4 is 11.6 Å². The smallest absolute Gasteiger partial charge is 0.266 e. The second-order valence-corrected chi connectivity index (χ2v) is 6.54. The second kappa shape index (κ2) is 5.47. The van der Waals surface area contributed by atoms with E-state index in [2.05, 4.69) is 10.3 Å². The van der Waals surface area contributed by atoms with Gasteiger partial charge < -0.3 is 9.64 Å². The van der Waals surface area contributed by atoms with Gasteiger partial charge in [0.2, 0.25) is 0 Å². The monoisotopic (exact) mass is 350 g/mol. The van der Waals surface area contributed by atoms with Crippen LogP contribution in [0.25, 0.3) is 0 Å². The summed E-state index contributed by atoms with van der Waals surface area (Å²) in [6.45, 7) is 0.782. The molecule has 3 heterocycles. The van der Waals surface area contributed by atoms with Gasteiger partial charge in [-0.25, -0.2) is 9.07 Å². The lowest BCUT2D eigenvalue weighted by Crippen LogP contribution is -2.47. The summed E-state index contributed by atoms with van der Waals surface area (Å²) in [5.74, 6) is -0.603. The number of hydrogen-bond acceptors (Lipinski definition) is 4. The first-order chi connectivity index (χ1) is 12.7. The maximum absolute atomic E-state index is 14.0. The quantitative estimate of drug-likeness (QED) is 0.712. The van der Waals surface area contributed by atoms with Crippen molar-refractivity contribution in [2.45, 2.75) is 25.3 Å². The molecule has 1 atom stereocenters. The Labute approximate surface area is 148 Å². The average Bonchev–Trinajstić information content (AvgIpc) is 3.20. The molecule has 6 nitrogen and oxygen atoms in total. The van der Waals surface area contributed by atoms with Gasteiger partial charge in [-0.05, 0) is 23.8 Å². The van der Waals surface area contributed by atoms with Gasteiger partial charge in [-0.3, -0.25) is 4.79 Å².